The molecular formula is C25H32N4OS. The number of aryl methyl sites for hydroxylation is 1. The largest absolute Gasteiger partial charge is 0.315 e. The van der Waals surface area contributed by atoms with E-state index >= 15 is 0 Å². The lowest BCUT2D eigenvalue weighted by Crippen LogP contribution is -2.35. The number of fused-ring (bicyclic) bond motifs is 1. The van der Waals surface area contributed by atoms with E-state index in [1.165, 1.54) is 22.4 Å². The van der Waals surface area contributed by atoms with E-state index in [0.717, 1.165) is 63.2 Å². The molecule has 1 amide bonds. The van der Waals surface area contributed by atoms with Gasteiger partial charge in [-0.1, -0.05) is 30.3 Å². The highest BCUT2D eigenvalue weighted by Crippen LogP contribution is 2.37. The molecule has 4 rings (SSSR count). The standard InChI is InChI=1S/C25H32N4OS/c1-28(17-19-8-3-2-4-9-19)20-10-7-14-29(15-13-20)18-24(30)27-25-22(16-26)21-11-5-6-12-23(21)31-25/h2-4,8-9,20H,5-7,10-15,17-18H2,1H3,(H,27,30)/t20-/m0/s1. The second-order valence-electron chi connectivity index (χ2n) is 8.84. The van der Waals surface area contributed by atoms with Gasteiger partial charge in [0.1, 0.15) is 11.1 Å². The average Bonchev–Trinajstić information content (AvgIpc) is 2.95. The van der Waals surface area contributed by atoms with Gasteiger partial charge in [0, 0.05) is 24.0 Å². The van der Waals surface area contributed by atoms with Gasteiger partial charge in [0.2, 0.25) is 5.91 Å². The third-order valence-electron chi connectivity index (χ3n) is 6.59. The molecule has 1 aromatic heterocycles. The molecule has 1 aromatic carbocycles. The zero-order valence-electron chi connectivity index (χ0n) is 18.4. The summed E-state index contributed by atoms with van der Waals surface area (Å²) in [6.07, 6.45) is 7.67. The van der Waals surface area contributed by atoms with E-state index < -0.39 is 0 Å². The molecule has 1 atom stereocenters. The van der Waals surface area contributed by atoms with Gasteiger partial charge in [0.25, 0.3) is 0 Å². The van der Waals surface area contributed by atoms with Gasteiger partial charge in [-0.05, 0) is 69.7 Å². The van der Waals surface area contributed by atoms with Crippen LogP contribution in [0.5, 0.6) is 0 Å². The van der Waals surface area contributed by atoms with Gasteiger partial charge in [0.05, 0.1) is 12.1 Å². The predicted molar refractivity (Wildman–Crippen MR) is 126 cm³/mol. The van der Waals surface area contributed by atoms with Crippen LogP contribution in [-0.2, 0) is 24.2 Å². The summed E-state index contributed by atoms with van der Waals surface area (Å²) in [6.45, 7) is 3.26. The van der Waals surface area contributed by atoms with Crippen LogP contribution in [0.2, 0.25) is 0 Å². The number of thiophene rings is 1. The number of hydrogen-bond donors (Lipinski definition) is 1. The molecule has 1 saturated heterocycles. The third-order valence-corrected chi connectivity index (χ3v) is 7.80. The van der Waals surface area contributed by atoms with E-state index in [0.29, 0.717) is 18.2 Å². The quantitative estimate of drug-likeness (QED) is 0.728. The summed E-state index contributed by atoms with van der Waals surface area (Å²) >= 11 is 1.61. The first-order valence-corrected chi connectivity index (χ1v) is 12.3. The summed E-state index contributed by atoms with van der Waals surface area (Å²) in [5.41, 5.74) is 3.22. The molecule has 0 saturated carbocycles. The Morgan fingerprint density at radius 3 is 2.81 bits per heavy atom. The summed E-state index contributed by atoms with van der Waals surface area (Å²) in [4.78, 5) is 18.8. The molecule has 1 N–H and O–H groups in total. The summed E-state index contributed by atoms with van der Waals surface area (Å²) < 4.78 is 0. The molecule has 1 aliphatic carbocycles. The fourth-order valence-electron chi connectivity index (χ4n) is 4.88. The van der Waals surface area contributed by atoms with Gasteiger partial charge in [-0.2, -0.15) is 5.26 Å². The number of likely N-dealkylation sites (tertiary alicyclic amines) is 1. The molecule has 2 aliphatic rings. The maximum Gasteiger partial charge on any atom is 0.239 e. The number of benzene rings is 1. The lowest BCUT2D eigenvalue weighted by Gasteiger charge is -2.27. The second kappa shape index (κ2) is 10.4. The first-order chi connectivity index (χ1) is 15.1. The maximum atomic E-state index is 12.8. The zero-order chi connectivity index (χ0) is 21.6. The van der Waals surface area contributed by atoms with Crippen LogP contribution >= 0.6 is 11.3 Å². The Labute approximate surface area is 189 Å². The highest BCUT2D eigenvalue weighted by atomic mass is 32.1. The van der Waals surface area contributed by atoms with Gasteiger partial charge < -0.3 is 5.32 Å². The second-order valence-corrected chi connectivity index (χ2v) is 9.94. The number of nitrogens with zero attached hydrogens (tertiary/aromatic N) is 3. The Bertz CT molecular complexity index is 933. The van der Waals surface area contributed by atoms with E-state index in [1.807, 2.05) is 0 Å². The average molecular weight is 437 g/mol. The lowest BCUT2D eigenvalue weighted by atomic mass is 9.96. The first-order valence-electron chi connectivity index (χ1n) is 11.4. The van der Waals surface area contributed by atoms with Gasteiger partial charge in [-0.25, -0.2) is 0 Å². The Morgan fingerprint density at radius 2 is 2.00 bits per heavy atom. The zero-order valence-corrected chi connectivity index (χ0v) is 19.2. The third kappa shape index (κ3) is 5.54. The van der Waals surface area contributed by atoms with Gasteiger partial charge in [0.15, 0.2) is 0 Å². The van der Waals surface area contributed by atoms with Crippen molar-refractivity contribution in [2.24, 2.45) is 0 Å². The van der Waals surface area contributed by atoms with Gasteiger partial charge >= 0.3 is 0 Å². The molecule has 1 aliphatic heterocycles. The van der Waals surface area contributed by atoms with Gasteiger partial charge in [-0.15, -0.1) is 11.3 Å². The molecule has 0 radical (unpaired) electrons. The highest BCUT2D eigenvalue weighted by molar-refractivity contribution is 7.16. The van der Waals surface area contributed by atoms with Crippen molar-refractivity contribution in [3.8, 4) is 6.07 Å². The number of nitriles is 1. The molecular weight excluding hydrogens is 404 g/mol. The topological polar surface area (TPSA) is 59.4 Å². The molecule has 164 valence electrons. The fraction of sp³-hybridized carbons (Fsp3) is 0.520. The van der Waals surface area contributed by atoms with Gasteiger partial charge in [-0.3, -0.25) is 14.6 Å². The molecule has 5 nitrogen and oxygen atoms in total. The molecule has 2 aromatic rings. The number of nitrogens with one attached hydrogen (secondary N) is 1. The molecule has 2 heterocycles. The van der Waals surface area contributed by atoms with E-state index in [1.54, 1.807) is 11.3 Å². The van der Waals surface area contributed by atoms with Crippen LogP contribution in [0.3, 0.4) is 0 Å². The summed E-state index contributed by atoms with van der Waals surface area (Å²) in [5, 5.41) is 13.4. The lowest BCUT2D eigenvalue weighted by molar-refractivity contribution is -0.117. The van der Waals surface area contributed by atoms with Crippen LogP contribution in [0.4, 0.5) is 5.00 Å². The van der Waals surface area contributed by atoms with Crippen molar-refractivity contribution >= 4 is 22.2 Å². The number of hydrogen-bond acceptors (Lipinski definition) is 5. The predicted octanol–water partition coefficient (Wildman–Crippen LogP) is 4.42. The van der Waals surface area contributed by atoms with E-state index in [4.69, 9.17) is 0 Å². The van der Waals surface area contributed by atoms with E-state index in [9.17, 15) is 10.1 Å². The normalized spacial score (nSPS) is 19.5. The molecule has 0 unspecified atom stereocenters. The van der Waals surface area contributed by atoms with Crippen molar-refractivity contribution in [3.63, 3.8) is 0 Å². The molecule has 31 heavy (non-hydrogen) atoms. The molecule has 0 spiro atoms. The summed E-state index contributed by atoms with van der Waals surface area (Å²) in [6, 6.07) is 13.5. The SMILES string of the molecule is CN(Cc1ccccc1)[C@H]1CCCN(CC(=O)Nc2sc3c(c2C#N)CCCC3)CC1. The minimum absolute atomic E-state index is 0.00573. The number of anilines is 1. The Morgan fingerprint density at radius 1 is 1.19 bits per heavy atom. The Hall–Kier alpha value is -2.20. The number of rotatable bonds is 6. The monoisotopic (exact) mass is 436 g/mol. The van der Waals surface area contributed by atoms with Crippen LogP contribution < -0.4 is 5.32 Å². The molecule has 0 bridgehead atoms. The van der Waals surface area contributed by atoms with Crippen molar-refractivity contribution in [3.05, 3.63) is 51.9 Å². The smallest absolute Gasteiger partial charge is 0.239 e. The van der Waals surface area contributed by atoms with Crippen LogP contribution in [-0.4, -0.2) is 48.4 Å². The van der Waals surface area contributed by atoms with E-state index in [-0.39, 0.29) is 5.91 Å². The van der Waals surface area contributed by atoms with Crippen molar-refractivity contribution in [1.82, 2.24) is 9.80 Å². The number of carbonyl (C=O) groups is 1. The van der Waals surface area contributed by atoms with E-state index in [2.05, 4.69) is 58.6 Å². The minimum Gasteiger partial charge on any atom is -0.315 e. The van der Waals surface area contributed by atoms with Crippen LogP contribution in [0.15, 0.2) is 30.3 Å². The first kappa shape index (κ1) is 22.0. The fourth-order valence-corrected chi connectivity index (χ4v) is 6.14. The van der Waals surface area contributed by atoms with Crippen LogP contribution in [0, 0.1) is 11.3 Å². The van der Waals surface area contributed by atoms with Crippen LogP contribution in [0.1, 0.15) is 53.7 Å². The Balaban J connectivity index is 1.30. The number of amides is 1. The maximum absolute atomic E-state index is 12.8. The van der Waals surface area contributed by atoms with Crippen molar-refractivity contribution in [2.45, 2.75) is 57.5 Å². The summed E-state index contributed by atoms with van der Waals surface area (Å²) in [7, 11) is 2.21. The van der Waals surface area contributed by atoms with Crippen molar-refractivity contribution in [2.75, 3.05) is 32.0 Å². The minimum atomic E-state index is 0.00573. The molecule has 1 fully saturated rings. The van der Waals surface area contributed by atoms with Crippen LogP contribution in [0.25, 0.3) is 0 Å². The van der Waals surface area contributed by atoms with Crippen molar-refractivity contribution in [1.29, 1.82) is 5.26 Å². The summed E-state index contributed by atoms with van der Waals surface area (Å²) in [5.74, 6) is 0.00573. The van der Waals surface area contributed by atoms with Crippen molar-refractivity contribution < 1.29 is 4.79 Å². The molecule has 6 heteroatoms. The highest BCUT2D eigenvalue weighted by Gasteiger charge is 2.24. The number of carbonyl (C=O) groups excluding carboxylic acids is 1. The Kier molecular flexibility index (Phi) is 7.39.